The Morgan fingerprint density at radius 2 is 1.98 bits per heavy atom. The van der Waals surface area contributed by atoms with Gasteiger partial charge in [0.25, 0.3) is 11.8 Å². The van der Waals surface area contributed by atoms with E-state index in [9.17, 15) is 14.4 Å². The fourth-order valence-corrected chi connectivity index (χ4v) is 5.47. The van der Waals surface area contributed by atoms with Gasteiger partial charge >= 0.3 is 0 Å². The predicted molar refractivity (Wildman–Crippen MR) is 164 cm³/mol. The van der Waals surface area contributed by atoms with E-state index in [2.05, 4.69) is 15.4 Å². The van der Waals surface area contributed by atoms with Crippen molar-refractivity contribution in [1.29, 1.82) is 0 Å². The molecule has 0 spiro atoms. The highest BCUT2D eigenvalue weighted by atomic mass is 16.5. The molecule has 4 aromatic rings. The normalized spacial score (nSPS) is 19.2. The maximum absolute atomic E-state index is 13.6. The molecule has 3 amide bonds. The van der Waals surface area contributed by atoms with Gasteiger partial charge in [0.2, 0.25) is 5.91 Å². The number of piperidine rings is 1. The highest BCUT2D eigenvalue weighted by Gasteiger charge is 2.35. The molecule has 1 saturated heterocycles. The number of hydrogen-bond acceptors (Lipinski definition) is 8. The van der Waals surface area contributed by atoms with Crippen molar-refractivity contribution >= 4 is 23.4 Å². The molecule has 45 heavy (non-hydrogen) atoms. The molecule has 234 valence electrons. The second kappa shape index (κ2) is 12.9. The van der Waals surface area contributed by atoms with Crippen molar-refractivity contribution in [3.05, 3.63) is 83.8 Å². The van der Waals surface area contributed by atoms with Crippen LogP contribution >= 0.6 is 0 Å². The van der Waals surface area contributed by atoms with E-state index in [4.69, 9.17) is 14.2 Å². The number of benzene rings is 2. The summed E-state index contributed by atoms with van der Waals surface area (Å²) in [4.78, 5) is 47.6. The Kier molecular flexibility index (Phi) is 8.65. The van der Waals surface area contributed by atoms with Crippen LogP contribution in [0.4, 0.5) is 0 Å². The summed E-state index contributed by atoms with van der Waals surface area (Å²) in [5, 5.41) is 7.33. The van der Waals surface area contributed by atoms with Crippen LogP contribution in [0.2, 0.25) is 0 Å². The standard InChI is InChI=1S/C33H36N6O6/c1-21(2)19-43-25-13-23-14-26(15-25)45-24-7-4-6-22(12-24)20-44-29-17-38(11-9-27(29)36-31(40)18-37(3)32(23)41)33(42)28-16-34-30-8-5-10-35-39(28)30/h4-8,10,12-16,21,27,29H,9,11,17-20H2,1-3H3,(H,36,40)/t27-,29-/m0/s1. The summed E-state index contributed by atoms with van der Waals surface area (Å²) in [7, 11) is 1.58. The molecule has 2 aliphatic heterocycles. The number of carbonyl (C=O) groups is 3. The van der Waals surface area contributed by atoms with Crippen molar-refractivity contribution < 1.29 is 28.6 Å². The van der Waals surface area contributed by atoms with Gasteiger partial charge in [0.15, 0.2) is 11.3 Å². The average molecular weight is 613 g/mol. The van der Waals surface area contributed by atoms with Gasteiger partial charge in [0, 0.05) is 38.0 Å². The van der Waals surface area contributed by atoms with Gasteiger partial charge < -0.3 is 29.3 Å². The summed E-state index contributed by atoms with van der Waals surface area (Å²) in [6.07, 6.45) is 3.08. The van der Waals surface area contributed by atoms with Gasteiger partial charge in [-0.05, 0) is 54.3 Å². The number of fused-ring (bicyclic) bond motifs is 6. The minimum absolute atomic E-state index is 0.162. The summed E-state index contributed by atoms with van der Waals surface area (Å²) in [6, 6.07) is 15.7. The number of likely N-dealkylation sites (tertiary alicyclic amines) is 1. The van der Waals surface area contributed by atoms with Gasteiger partial charge in [-0.2, -0.15) is 5.10 Å². The monoisotopic (exact) mass is 612 g/mol. The molecule has 0 unspecified atom stereocenters. The summed E-state index contributed by atoms with van der Waals surface area (Å²) < 4.78 is 20.0. The highest BCUT2D eigenvalue weighted by molar-refractivity contribution is 5.97. The van der Waals surface area contributed by atoms with Crippen LogP contribution in [0, 0.1) is 5.92 Å². The first kappa shape index (κ1) is 30.1. The van der Waals surface area contributed by atoms with Crippen LogP contribution in [-0.4, -0.2) is 87.6 Å². The van der Waals surface area contributed by atoms with E-state index in [1.807, 2.05) is 38.1 Å². The second-order valence-electron chi connectivity index (χ2n) is 11.8. The molecule has 2 aliphatic rings. The molecule has 2 atom stereocenters. The first-order chi connectivity index (χ1) is 21.7. The fraction of sp³-hybridized carbons (Fsp3) is 0.364. The Morgan fingerprint density at radius 1 is 1.11 bits per heavy atom. The molecule has 2 aromatic heterocycles. The molecule has 12 nitrogen and oxygen atoms in total. The number of hydrogen-bond donors (Lipinski definition) is 1. The number of likely N-dealkylation sites (N-methyl/N-ethyl adjacent to an activating group) is 1. The smallest absolute Gasteiger partial charge is 0.274 e. The zero-order valence-electron chi connectivity index (χ0n) is 25.5. The molecule has 0 radical (unpaired) electrons. The largest absolute Gasteiger partial charge is 0.493 e. The second-order valence-corrected chi connectivity index (χ2v) is 11.8. The lowest BCUT2D eigenvalue weighted by atomic mass is 10.0. The molecular weight excluding hydrogens is 576 g/mol. The van der Waals surface area contributed by atoms with Gasteiger partial charge in [-0.15, -0.1) is 0 Å². The van der Waals surface area contributed by atoms with Crippen molar-refractivity contribution in [2.24, 2.45) is 5.92 Å². The van der Waals surface area contributed by atoms with Crippen LogP contribution in [0.15, 0.2) is 67.0 Å². The topological polar surface area (TPSA) is 128 Å². The van der Waals surface area contributed by atoms with Gasteiger partial charge in [-0.1, -0.05) is 26.0 Å². The first-order valence-corrected chi connectivity index (χ1v) is 15.0. The van der Waals surface area contributed by atoms with E-state index < -0.39 is 6.10 Å². The minimum Gasteiger partial charge on any atom is -0.493 e. The number of carbonyl (C=O) groups excluding carboxylic acids is 3. The third kappa shape index (κ3) is 6.91. The van der Waals surface area contributed by atoms with Crippen LogP contribution in [0.5, 0.6) is 17.2 Å². The Hall–Kier alpha value is -4.97. The third-order valence-electron chi connectivity index (χ3n) is 7.73. The molecule has 0 aliphatic carbocycles. The molecule has 2 aromatic carbocycles. The zero-order valence-corrected chi connectivity index (χ0v) is 25.5. The Morgan fingerprint density at radius 3 is 2.82 bits per heavy atom. The Labute approximate surface area is 260 Å². The lowest BCUT2D eigenvalue weighted by molar-refractivity contribution is -0.124. The van der Waals surface area contributed by atoms with Crippen LogP contribution in [0.25, 0.3) is 5.65 Å². The van der Waals surface area contributed by atoms with E-state index >= 15 is 0 Å². The molecule has 4 bridgehead atoms. The predicted octanol–water partition coefficient (Wildman–Crippen LogP) is 3.56. The fourth-order valence-electron chi connectivity index (χ4n) is 5.47. The molecular formula is C33H36N6O6. The number of aromatic nitrogens is 3. The summed E-state index contributed by atoms with van der Waals surface area (Å²) in [5.41, 5.74) is 2.13. The van der Waals surface area contributed by atoms with E-state index in [1.165, 1.54) is 15.6 Å². The summed E-state index contributed by atoms with van der Waals surface area (Å²) >= 11 is 0. The van der Waals surface area contributed by atoms with E-state index in [-0.39, 0.29) is 43.5 Å². The highest BCUT2D eigenvalue weighted by Crippen LogP contribution is 2.30. The number of nitrogens with zero attached hydrogens (tertiary/aromatic N) is 5. The lowest BCUT2D eigenvalue weighted by Gasteiger charge is -2.38. The van der Waals surface area contributed by atoms with Gasteiger partial charge in [-0.25, -0.2) is 9.50 Å². The summed E-state index contributed by atoms with van der Waals surface area (Å²) in [6.45, 7) is 5.28. The molecule has 0 saturated carbocycles. The number of imidazole rings is 1. The van der Waals surface area contributed by atoms with Crippen molar-refractivity contribution in [2.75, 3.05) is 33.3 Å². The van der Waals surface area contributed by atoms with Gasteiger partial charge in [0.1, 0.15) is 17.2 Å². The molecule has 4 heterocycles. The number of nitrogens with one attached hydrogen (secondary N) is 1. The van der Waals surface area contributed by atoms with Crippen molar-refractivity contribution in [2.45, 2.75) is 39.0 Å². The zero-order chi connectivity index (χ0) is 31.5. The Bertz CT molecular complexity index is 1720. The van der Waals surface area contributed by atoms with E-state index in [0.717, 1.165) is 5.56 Å². The molecule has 12 heteroatoms. The van der Waals surface area contributed by atoms with Crippen molar-refractivity contribution in [3.8, 4) is 17.2 Å². The minimum atomic E-state index is -0.509. The molecule has 6 rings (SSSR count). The van der Waals surface area contributed by atoms with Crippen LogP contribution in [0.1, 0.15) is 46.7 Å². The van der Waals surface area contributed by atoms with Crippen molar-refractivity contribution in [1.82, 2.24) is 29.7 Å². The maximum Gasteiger partial charge on any atom is 0.274 e. The van der Waals surface area contributed by atoms with E-state index in [1.54, 1.807) is 48.5 Å². The maximum atomic E-state index is 13.6. The van der Waals surface area contributed by atoms with Crippen LogP contribution < -0.4 is 14.8 Å². The number of rotatable bonds is 4. The van der Waals surface area contributed by atoms with Crippen LogP contribution in [-0.2, 0) is 16.1 Å². The van der Waals surface area contributed by atoms with Gasteiger partial charge in [-0.3, -0.25) is 14.4 Å². The van der Waals surface area contributed by atoms with Gasteiger partial charge in [0.05, 0.1) is 38.1 Å². The van der Waals surface area contributed by atoms with Crippen molar-refractivity contribution in [3.63, 3.8) is 0 Å². The van der Waals surface area contributed by atoms with E-state index in [0.29, 0.717) is 59.6 Å². The molecule has 1 N–H and O–H groups in total. The quantitative estimate of drug-likeness (QED) is 0.371. The van der Waals surface area contributed by atoms with Crippen LogP contribution in [0.3, 0.4) is 0 Å². The number of ether oxygens (including phenoxy) is 3. The molecule has 1 fully saturated rings. The lowest BCUT2D eigenvalue weighted by Crippen LogP contribution is -2.57. The summed E-state index contributed by atoms with van der Waals surface area (Å²) in [5.74, 6) is 0.910. The Balaban J connectivity index is 1.27. The number of amides is 3. The SMILES string of the molecule is CC(C)COc1cc2cc(c1)C(=O)N(C)CC(=O)N[C@H]1CCN(C(=O)c3cnc4cccnn34)C[C@@H]1OCc1cccc(c1)O2. The average Bonchev–Trinajstić information content (AvgIpc) is 3.46. The first-order valence-electron chi connectivity index (χ1n) is 15.0. The third-order valence-corrected chi connectivity index (χ3v) is 7.73.